The maximum Gasteiger partial charge on any atom is 0.490 e. The van der Waals surface area contributed by atoms with Crippen molar-refractivity contribution in [3.8, 4) is 0 Å². The van der Waals surface area contributed by atoms with Crippen LogP contribution in [0.2, 0.25) is 0 Å². The molecule has 0 aliphatic carbocycles. The molecule has 2 N–H and O–H groups in total. The highest BCUT2D eigenvalue weighted by molar-refractivity contribution is 6.61. The Labute approximate surface area is 175 Å². The van der Waals surface area contributed by atoms with Gasteiger partial charge in [0.2, 0.25) is 0 Å². The zero-order chi connectivity index (χ0) is 20.5. The molecule has 0 heterocycles. The fourth-order valence-corrected chi connectivity index (χ4v) is 4.10. The SMILES string of the molecule is OB(O)c1ccc2ccccc2c1N(c1ccccc1)c1cccc2ccccc12. The first kappa shape index (κ1) is 18.4. The van der Waals surface area contributed by atoms with Crippen molar-refractivity contribution in [2.75, 3.05) is 4.90 Å². The van der Waals surface area contributed by atoms with Crippen molar-refractivity contribution in [2.45, 2.75) is 0 Å². The topological polar surface area (TPSA) is 43.7 Å². The Morgan fingerprint density at radius 2 is 1.13 bits per heavy atom. The fraction of sp³-hybridized carbons (Fsp3) is 0. The van der Waals surface area contributed by atoms with Gasteiger partial charge in [-0.15, -0.1) is 0 Å². The molecule has 0 spiro atoms. The molecule has 0 unspecified atom stereocenters. The first-order valence-corrected chi connectivity index (χ1v) is 9.95. The van der Waals surface area contributed by atoms with E-state index < -0.39 is 7.12 Å². The molecule has 4 heteroatoms. The Morgan fingerprint density at radius 3 is 1.87 bits per heavy atom. The van der Waals surface area contributed by atoms with E-state index in [2.05, 4.69) is 29.2 Å². The molecule has 0 saturated heterocycles. The van der Waals surface area contributed by atoms with Gasteiger partial charge in [-0.2, -0.15) is 0 Å². The quantitative estimate of drug-likeness (QED) is 0.418. The van der Waals surface area contributed by atoms with Gasteiger partial charge in [-0.05, 0) is 29.0 Å². The first-order chi connectivity index (χ1) is 14.7. The average Bonchev–Trinajstić information content (AvgIpc) is 2.80. The van der Waals surface area contributed by atoms with Gasteiger partial charge in [0, 0.05) is 21.9 Å². The predicted octanol–water partition coefficient (Wildman–Crippen LogP) is 5.14. The molecule has 0 aliphatic rings. The van der Waals surface area contributed by atoms with Crippen molar-refractivity contribution in [3.63, 3.8) is 0 Å². The van der Waals surface area contributed by atoms with Crippen LogP contribution in [0.1, 0.15) is 0 Å². The normalized spacial score (nSPS) is 11.0. The highest BCUT2D eigenvalue weighted by Gasteiger charge is 2.25. The Hall–Kier alpha value is -3.60. The van der Waals surface area contributed by atoms with E-state index in [4.69, 9.17) is 0 Å². The van der Waals surface area contributed by atoms with Crippen molar-refractivity contribution in [1.82, 2.24) is 0 Å². The second-order valence-electron chi connectivity index (χ2n) is 7.27. The van der Waals surface area contributed by atoms with E-state index in [1.165, 1.54) is 0 Å². The standard InChI is InChI=1S/C26H20BNO2/c29-27(30)24-18-17-20-10-5-7-15-23(20)26(24)28(21-12-2-1-3-13-21)25-16-8-11-19-9-4-6-14-22(19)25/h1-18,29-30H. The van der Waals surface area contributed by atoms with Gasteiger partial charge >= 0.3 is 7.12 Å². The second-order valence-corrected chi connectivity index (χ2v) is 7.27. The van der Waals surface area contributed by atoms with Crippen molar-refractivity contribution in [1.29, 1.82) is 0 Å². The van der Waals surface area contributed by atoms with E-state index in [9.17, 15) is 10.0 Å². The molecule has 5 aromatic carbocycles. The molecule has 0 aliphatic heterocycles. The summed E-state index contributed by atoms with van der Waals surface area (Å²) >= 11 is 0. The molecule has 5 rings (SSSR count). The summed E-state index contributed by atoms with van der Waals surface area (Å²) in [6, 6.07) is 36.3. The van der Waals surface area contributed by atoms with Crippen molar-refractivity contribution in [3.05, 3.63) is 109 Å². The van der Waals surface area contributed by atoms with Gasteiger partial charge in [0.25, 0.3) is 0 Å². The van der Waals surface area contributed by atoms with E-state index in [1.54, 1.807) is 6.07 Å². The van der Waals surface area contributed by atoms with E-state index >= 15 is 0 Å². The van der Waals surface area contributed by atoms with Gasteiger partial charge in [-0.3, -0.25) is 0 Å². The summed E-state index contributed by atoms with van der Waals surface area (Å²) in [5.41, 5.74) is 3.17. The molecular weight excluding hydrogens is 369 g/mol. The van der Waals surface area contributed by atoms with Crippen LogP contribution in [0.4, 0.5) is 17.1 Å². The monoisotopic (exact) mass is 389 g/mol. The van der Waals surface area contributed by atoms with Crippen molar-refractivity contribution < 1.29 is 10.0 Å². The molecule has 3 nitrogen and oxygen atoms in total. The van der Waals surface area contributed by atoms with E-state index in [0.29, 0.717) is 5.46 Å². The summed E-state index contributed by atoms with van der Waals surface area (Å²) in [4.78, 5) is 2.12. The third kappa shape index (κ3) is 3.13. The number of hydrogen-bond acceptors (Lipinski definition) is 3. The minimum Gasteiger partial charge on any atom is -0.423 e. The van der Waals surface area contributed by atoms with E-state index in [1.807, 2.05) is 78.9 Å². The minimum atomic E-state index is -1.59. The molecular formula is C26H20BNO2. The Kier molecular flexibility index (Phi) is 4.72. The summed E-state index contributed by atoms with van der Waals surface area (Å²) in [6.45, 7) is 0. The van der Waals surface area contributed by atoms with Crippen LogP contribution in [-0.4, -0.2) is 17.2 Å². The lowest BCUT2D eigenvalue weighted by molar-refractivity contribution is 0.426. The molecule has 0 saturated carbocycles. The van der Waals surface area contributed by atoms with Crippen LogP contribution in [0.25, 0.3) is 21.5 Å². The number of hydrogen-bond donors (Lipinski definition) is 2. The number of anilines is 3. The molecule has 0 fully saturated rings. The van der Waals surface area contributed by atoms with Gasteiger partial charge in [0.15, 0.2) is 0 Å². The number of rotatable bonds is 4. The summed E-state index contributed by atoms with van der Waals surface area (Å²) in [5, 5.41) is 24.7. The van der Waals surface area contributed by atoms with Gasteiger partial charge in [-0.25, -0.2) is 0 Å². The van der Waals surface area contributed by atoms with Gasteiger partial charge in [0.1, 0.15) is 0 Å². The number of fused-ring (bicyclic) bond motifs is 2. The maximum atomic E-state index is 10.2. The highest BCUT2D eigenvalue weighted by atomic mass is 16.4. The van der Waals surface area contributed by atoms with E-state index in [-0.39, 0.29) is 0 Å². The molecule has 144 valence electrons. The fourth-order valence-electron chi connectivity index (χ4n) is 4.10. The summed E-state index contributed by atoms with van der Waals surface area (Å²) < 4.78 is 0. The summed E-state index contributed by atoms with van der Waals surface area (Å²) in [6.07, 6.45) is 0. The largest absolute Gasteiger partial charge is 0.490 e. The molecule has 0 radical (unpaired) electrons. The lowest BCUT2D eigenvalue weighted by Crippen LogP contribution is -2.34. The number of benzene rings is 5. The average molecular weight is 389 g/mol. The Bertz CT molecular complexity index is 1330. The minimum absolute atomic E-state index is 0.463. The van der Waals surface area contributed by atoms with Crippen molar-refractivity contribution in [2.24, 2.45) is 0 Å². The smallest absolute Gasteiger partial charge is 0.423 e. The molecule has 0 amide bonds. The molecule has 0 bridgehead atoms. The van der Waals surface area contributed by atoms with Crippen LogP contribution in [0.3, 0.4) is 0 Å². The second kappa shape index (κ2) is 7.67. The van der Waals surface area contributed by atoms with Crippen LogP contribution in [0.15, 0.2) is 109 Å². The van der Waals surface area contributed by atoms with Crippen LogP contribution in [-0.2, 0) is 0 Å². The Balaban J connectivity index is 1.91. The molecule has 30 heavy (non-hydrogen) atoms. The molecule has 0 atom stereocenters. The molecule has 5 aromatic rings. The van der Waals surface area contributed by atoms with Gasteiger partial charge in [0.05, 0.1) is 11.4 Å². The van der Waals surface area contributed by atoms with E-state index in [0.717, 1.165) is 38.6 Å². The van der Waals surface area contributed by atoms with Crippen molar-refractivity contribution >= 4 is 51.2 Å². The number of para-hydroxylation sites is 1. The summed E-state index contributed by atoms with van der Waals surface area (Å²) in [7, 11) is -1.59. The lowest BCUT2D eigenvalue weighted by atomic mass is 9.77. The predicted molar refractivity (Wildman–Crippen MR) is 126 cm³/mol. The molecule has 0 aromatic heterocycles. The van der Waals surface area contributed by atoms with Crippen LogP contribution in [0.5, 0.6) is 0 Å². The number of nitrogens with zero attached hydrogens (tertiary/aromatic N) is 1. The first-order valence-electron chi connectivity index (χ1n) is 9.95. The van der Waals surface area contributed by atoms with Crippen LogP contribution in [0, 0.1) is 0 Å². The Morgan fingerprint density at radius 1 is 0.533 bits per heavy atom. The lowest BCUT2D eigenvalue weighted by Gasteiger charge is -2.30. The maximum absolute atomic E-state index is 10.2. The summed E-state index contributed by atoms with van der Waals surface area (Å²) in [5.74, 6) is 0. The van der Waals surface area contributed by atoms with Crippen LogP contribution >= 0.6 is 0 Å². The van der Waals surface area contributed by atoms with Crippen LogP contribution < -0.4 is 10.4 Å². The third-order valence-electron chi connectivity index (χ3n) is 5.46. The zero-order valence-electron chi connectivity index (χ0n) is 16.3. The zero-order valence-corrected chi connectivity index (χ0v) is 16.3. The van der Waals surface area contributed by atoms with Gasteiger partial charge in [-0.1, -0.05) is 91.0 Å². The third-order valence-corrected chi connectivity index (χ3v) is 5.46. The highest BCUT2D eigenvalue weighted by Crippen LogP contribution is 2.40. The van der Waals surface area contributed by atoms with Gasteiger partial charge < -0.3 is 14.9 Å².